The highest BCUT2D eigenvalue weighted by Crippen LogP contribution is 2.27. The molecule has 7 heteroatoms. The van der Waals surface area contributed by atoms with E-state index >= 15 is 0 Å². The van der Waals surface area contributed by atoms with Crippen molar-refractivity contribution in [2.24, 2.45) is 5.73 Å². The highest BCUT2D eigenvalue weighted by atomic mass is 16.1. The van der Waals surface area contributed by atoms with Crippen LogP contribution in [0, 0.1) is 0 Å². The number of H-pyrrole nitrogens is 2. The number of hydrogen-bond donors (Lipinski definition) is 4. The number of benzene rings is 2. The average molecular weight is 346 g/mol. The quantitative estimate of drug-likeness (QED) is 0.444. The number of hydrogen-bond acceptors (Lipinski definition) is 4. The highest BCUT2D eigenvalue weighted by Gasteiger charge is 2.19. The number of amides is 1. The van der Waals surface area contributed by atoms with Gasteiger partial charge in [0.2, 0.25) is 0 Å². The smallest absolute Gasteiger partial charge is 0.253 e. The maximum atomic E-state index is 12.9. The van der Waals surface area contributed by atoms with Gasteiger partial charge < -0.3 is 11.1 Å². The number of nitrogens with one attached hydrogen (secondary N) is 3. The first-order valence-electron chi connectivity index (χ1n) is 8.30. The SMILES string of the molecule is NC[C@H](NC(=O)c1cccc2c(-c3cn[nH]c3)n[nH]c12)c1ccccc1. The van der Waals surface area contributed by atoms with Crippen LogP contribution >= 0.6 is 0 Å². The van der Waals surface area contributed by atoms with Gasteiger partial charge in [-0.1, -0.05) is 42.5 Å². The minimum absolute atomic E-state index is 0.197. The number of para-hydroxylation sites is 1. The van der Waals surface area contributed by atoms with E-state index in [9.17, 15) is 4.79 Å². The Morgan fingerprint density at radius 1 is 1.15 bits per heavy atom. The Morgan fingerprint density at radius 3 is 2.73 bits per heavy atom. The van der Waals surface area contributed by atoms with Gasteiger partial charge in [0.15, 0.2) is 0 Å². The Bertz CT molecular complexity index is 1020. The summed E-state index contributed by atoms with van der Waals surface area (Å²) < 4.78 is 0. The van der Waals surface area contributed by atoms with E-state index in [1.807, 2.05) is 42.5 Å². The van der Waals surface area contributed by atoms with E-state index < -0.39 is 0 Å². The van der Waals surface area contributed by atoms with Gasteiger partial charge in [0.05, 0.1) is 23.3 Å². The molecule has 130 valence electrons. The Labute approximate surface area is 149 Å². The zero-order valence-electron chi connectivity index (χ0n) is 13.9. The van der Waals surface area contributed by atoms with Crippen molar-refractivity contribution in [3.05, 3.63) is 72.1 Å². The lowest BCUT2D eigenvalue weighted by molar-refractivity contribution is 0.0939. The number of rotatable bonds is 5. The van der Waals surface area contributed by atoms with Crippen molar-refractivity contribution in [1.29, 1.82) is 0 Å². The summed E-state index contributed by atoms with van der Waals surface area (Å²) in [5, 5.41) is 17.9. The number of fused-ring (bicyclic) bond motifs is 1. The molecule has 0 radical (unpaired) electrons. The molecule has 1 amide bonds. The van der Waals surface area contributed by atoms with Gasteiger partial charge >= 0.3 is 0 Å². The molecule has 0 fully saturated rings. The first kappa shape index (κ1) is 16.0. The molecular formula is C19H18N6O. The topological polar surface area (TPSA) is 112 Å². The Hall–Kier alpha value is -3.45. The monoisotopic (exact) mass is 346 g/mol. The van der Waals surface area contributed by atoms with Crippen molar-refractivity contribution in [2.75, 3.05) is 6.54 Å². The Morgan fingerprint density at radius 2 is 2.00 bits per heavy atom. The van der Waals surface area contributed by atoms with Gasteiger partial charge in [-0.05, 0) is 11.6 Å². The first-order valence-corrected chi connectivity index (χ1v) is 8.30. The van der Waals surface area contributed by atoms with Crippen LogP contribution in [0.1, 0.15) is 22.0 Å². The lowest BCUT2D eigenvalue weighted by Gasteiger charge is -2.17. The summed E-state index contributed by atoms with van der Waals surface area (Å²) in [5.41, 5.74) is 9.66. The van der Waals surface area contributed by atoms with E-state index in [2.05, 4.69) is 25.7 Å². The zero-order valence-corrected chi connectivity index (χ0v) is 13.9. The van der Waals surface area contributed by atoms with Crippen LogP contribution in [0.5, 0.6) is 0 Å². The number of carbonyl (C=O) groups is 1. The molecule has 4 rings (SSSR count). The highest BCUT2D eigenvalue weighted by molar-refractivity contribution is 6.08. The van der Waals surface area contributed by atoms with E-state index in [0.29, 0.717) is 17.6 Å². The molecule has 0 aliphatic heterocycles. The summed E-state index contributed by atoms with van der Waals surface area (Å²) in [5.74, 6) is -0.197. The third-order valence-corrected chi connectivity index (χ3v) is 4.36. The summed E-state index contributed by atoms with van der Waals surface area (Å²) in [6, 6.07) is 15.0. The van der Waals surface area contributed by atoms with Gasteiger partial charge in [0.25, 0.3) is 5.91 Å². The molecule has 7 nitrogen and oxygen atoms in total. The van der Waals surface area contributed by atoms with E-state index in [1.54, 1.807) is 18.5 Å². The second-order valence-electron chi connectivity index (χ2n) is 5.96. The van der Waals surface area contributed by atoms with Crippen LogP contribution in [0.15, 0.2) is 60.9 Å². The molecule has 5 N–H and O–H groups in total. The number of aromatic nitrogens is 4. The van der Waals surface area contributed by atoms with E-state index in [0.717, 1.165) is 22.2 Å². The Balaban J connectivity index is 1.67. The number of carbonyl (C=O) groups excluding carboxylic acids is 1. The molecule has 0 aliphatic rings. The third-order valence-electron chi connectivity index (χ3n) is 4.36. The summed E-state index contributed by atoms with van der Waals surface area (Å²) in [4.78, 5) is 12.9. The fourth-order valence-electron chi connectivity index (χ4n) is 3.03. The standard InChI is InChI=1S/C19H18N6O/c20-9-16(12-5-2-1-3-6-12)23-19(26)15-8-4-7-14-17(24-25-18(14)15)13-10-21-22-11-13/h1-8,10-11,16H,9,20H2,(H,21,22)(H,23,26)(H,24,25)/t16-/m0/s1. The predicted octanol–water partition coefficient (Wildman–Crippen LogP) is 2.38. The molecule has 1 atom stereocenters. The summed E-state index contributed by atoms with van der Waals surface area (Å²) in [7, 11) is 0. The fraction of sp³-hybridized carbons (Fsp3) is 0.105. The number of nitrogens with two attached hydrogens (primary N) is 1. The molecule has 0 saturated carbocycles. The summed E-state index contributed by atoms with van der Waals surface area (Å²) >= 11 is 0. The molecule has 0 bridgehead atoms. The normalized spacial score (nSPS) is 12.2. The molecule has 0 unspecified atom stereocenters. The van der Waals surface area contributed by atoms with Gasteiger partial charge in [-0.25, -0.2) is 0 Å². The first-order chi connectivity index (χ1) is 12.8. The maximum Gasteiger partial charge on any atom is 0.253 e. The molecule has 2 aromatic heterocycles. The van der Waals surface area contributed by atoms with Crippen molar-refractivity contribution >= 4 is 16.8 Å². The zero-order chi connectivity index (χ0) is 17.9. The molecular weight excluding hydrogens is 328 g/mol. The summed E-state index contributed by atoms with van der Waals surface area (Å²) in [6.45, 7) is 0.314. The van der Waals surface area contributed by atoms with Crippen LogP contribution in [0.3, 0.4) is 0 Å². The maximum absolute atomic E-state index is 12.9. The lowest BCUT2D eigenvalue weighted by atomic mass is 10.0. The molecule has 0 spiro atoms. The molecule has 2 aromatic carbocycles. The van der Waals surface area contributed by atoms with Crippen LogP contribution in [0.25, 0.3) is 22.2 Å². The van der Waals surface area contributed by atoms with E-state index in [4.69, 9.17) is 5.73 Å². The van der Waals surface area contributed by atoms with Gasteiger partial charge in [-0.15, -0.1) is 0 Å². The van der Waals surface area contributed by atoms with Crippen molar-refractivity contribution in [3.63, 3.8) is 0 Å². The van der Waals surface area contributed by atoms with Crippen molar-refractivity contribution < 1.29 is 4.79 Å². The second kappa shape index (κ2) is 6.81. The van der Waals surface area contributed by atoms with Crippen molar-refractivity contribution in [3.8, 4) is 11.3 Å². The molecule has 0 aliphatic carbocycles. The Kier molecular flexibility index (Phi) is 4.20. The van der Waals surface area contributed by atoms with Crippen LogP contribution < -0.4 is 11.1 Å². The van der Waals surface area contributed by atoms with Gasteiger partial charge in [-0.2, -0.15) is 10.2 Å². The third kappa shape index (κ3) is 2.84. The number of nitrogens with zero attached hydrogens (tertiary/aromatic N) is 2. The van der Waals surface area contributed by atoms with Crippen LogP contribution in [0.4, 0.5) is 0 Å². The molecule has 2 heterocycles. The summed E-state index contributed by atoms with van der Waals surface area (Å²) in [6.07, 6.45) is 3.46. The van der Waals surface area contributed by atoms with Crippen LogP contribution in [0.2, 0.25) is 0 Å². The molecule has 0 saturated heterocycles. The van der Waals surface area contributed by atoms with Crippen LogP contribution in [-0.2, 0) is 0 Å². The van der Waals surface area contributed by atoms with Gasteiger partial charge in [-0.3, -0.25) is 15.0 Å². The minimum Gasteiger partial charge on any atom is -0.344 e. The van der Waals surface area contributed by atoms with Gasteiger partial charge in [0, 0.05) is 23.7 Å². The second-order valence-corrected chi connectivity index (χ2v) is 5.96. The molecule has 4 aromatic rings. The van der Waals surface area contributed by atoms with Gasteiger partial charge in [0.1, 0.15) is 5.69 Å². The molecule has 26 heavy (non-hydrogen) atoms. The minimum atomic E-state index is -0.254. The van der Waals surface area contributed by atoms with Crippen molar-refractivity contribution in [1.82, 2.24) is 25.7 Å². The number of aromatic amines is 2. The van der Waals surface area contributed by atoms with Crippen LogP contribution in [-0.4, -0.2) is 32.8 Å². The fourth-order valence-corrected chi connectivity index (χ4v) is 3.03. The lowest BCUT2D eigenvalue weighted by Crippen LogP contribution is -2.33. The van der Waals surface area contributed by atoms with E-state index in [1.165, 1.54) is 0 Å². The van der Waals surface area contributed by atoms with E-state index in [-0.39, 0.29) is 11.9 Å². The predicted molar refractivity (Wildman–Crippen MR) is 99.4 cm³/mol. The average Bonchev–Trinajstić information content (AvgIpc) is 3.35. The largest absolute Gasteiger partial charge is 0.344 e. The van der Waals surface area contributed by atoms with Crippen molar-refractivity contribution in [2.45, 2.75) is 6.04 Å².